The lowest BCUT2D eigenvalue weighted by molar-refractivity contribution is -0.109. The van der Waals surface area contributed by atoms with E-state index in [4.69, 9.17) is 5.73 Å². The third-order valence-electron chi connectivity index (χ3n) is 1.90. The zero-order valence-electron chi connectivity index (χ0n) is 8.91. The van der Waals surface area contributed by atoms with E-state index in [1.54, 1.807) is 6.92 Å². The first kappa shape index (κ1) is 11.8. The zero-order valence-corrected chi connectivity index (χ0v) is 9.73. The second-order valence-corrected chi connectivity index (χ2v) is 4.45. The van der Waals surface area contributed by atoms with Crippen LogP contribution in [0, 0.1) is 6.92 Å². The van der Waals surface area contributed by atoms with Crippen LogP contribution in [-0.4, -0.2) is 21.1 Å². The summed E-state index contributed by atoms with van der Waals surface area (Å²) < 4.78 is 0. The van der Waals surface area contributed by atoms with E-state index in [1.807, 2.05) is 19.1 Å². The minimum Gasteiger partial charge on any atom is -0.382 e. The molecule has 0 spiro atoms. The van der Waals surface area contributed by atoms with Gasteiger partial charge in [0.2, 0.25) is 0 Å². The highest BCUT2D eigenvalue weighted by molar-refractivity contribution is 8.13. The van der Waals surface area contributed by atoms with Crippen LogP contribution in [0.2, 0.25) is 0 Å². The highest BCUT2D eigenvalue weighted by atomic mass is 32.2. The maximum absolute atomic E-state index is 10.6. The van der Waals surface area contributed by atoms with Gasteiger partial charge in [-0.3, -0.25) is 9.89 Å². The third-order valence-corrected chi connectivity index (χ3v) is 2.74. The average molecular weight is 225 g/mol. The van der Waals surface area contributed by atoms with E-state index in [9.17, 15) is 4.79 Å². The molecule has 15 heavy (non-hydrogen) atoms. The number of aromatic nitrogens is 2. The number of nitrogens with two attached hydrogens (primary N) is 1. The molecule has 0 aromatic carbocycles. The van der Waals surface area contributed by atoms with Crippen molar-refractivity contribution in [1.29, 1.82) is 0 Å². The molecule has 0 fully saturated rings. The second kappa shape index (κ2) is 5.60. The van der Waals surface area contributed by atoms with Gasteiger partial charge in [-0.25, -0.2) is 0 Å². The summed E-state index contributed by atoms with van der Waals surface area (Å²) in [6.45, 7) is 3.50. The molecular weight excluding hydrogens is 210 g/mol. The molecule has 0 aliphatic carbocycles. The smallest absolute Gasteiger partial charge is 0.185 e. The van der Waals surface area contributed by atoms with Gasteiger partial charge in [-0.2, -0.15) is 5.10 Å². The number of hydrogen-bond donors (Lipinski definition) is 2. The number of thioether (sulfide) groups is 1. The molecule has 1 heterocycles. The fourth-order valence-electron chi connectivity index (χ4n) is 1.14. The molecule has 0 saturated carbocycles. The molecule has 0 aliphatic heterocycles. The van der Waals surface area contributed by atoms with Crippen molar-refractivity contribution in [2.45, 2.75) is 20.3 Å². The van der Waals surface area contributed by atoms with Gasteiger partial charge in [-0.1, -0.05) is 23.9 Å². The molecule has 1 aromatic heterocycles. The van der Waals surface area contributed by atoms with Crippen LogP contribution in [0.3, 0.4) is 0 Å². The molecule has 0 radical (unpaired) electrons. The van der Waals surface area contributed by atoms with Crippen molar-refractivity contribution in [3.63, 3.8) is 0 Å². The van der Waals surface area contributed by atoms with Crippen LogP contribution < -0.4 is 5.73 Å². The van der Waals surface area contributed by atoms with Crippen molar-refractivity contribution < 1.29 is 4.79 Å². The number of nitrogens with one attached hydrogen (secondary N) is 1. The first-order chi connectivity index (χ1) is 7.11. The molecule has 0 saturated heterocycles. The van der Waals surface area contributed by atoms with Gasteiger partial charge < -0.3 is 5.73 Å². The molecule has 5 heteroatoms. The number of hydrogen-bond acceptors (Lipinski definition) is 4. The summed E-state index contributed by atoms with van der Waals surface area (Å²) in [5.41, 5.74) is 7.55. The molecule has 0 atom stereocenters. The first-order valence-electron chi connectivity index (χ1n) is 4.71. The number of carbonyl (C=O) groups is 1. The maximum Gasteiger partial charge on any atom is 0.185 e. The minimum absolute atomic E-state index is 0.155. The number of anilines is 1. The molecule has 4 nitrogen and oxygen atoms in total. The summed E-state index contributed by atoms with van der Waals surface area (Å²) in [6.07, 6.45) is 4.80. The summed E-state index contributed by atoms with van der Waals surface area (Å²) in [5, 5.41) is 6.85. The van der Waals surface area contributed by atoms with E-state index in [-0.39, 0.29) is 5.12 Å². The predicted octanol–water partition coefficient (Wildman–Crippen LogP) is 1.98. The van der Waals surface area contributed by atoms with Gasteiger partial charge in [0.05, 0.1) is 0 Å². The molecule has 3 N–H and O–H groups in total. The van der Waals surface area contributed by atoms with Crippen LogP contribution in [0.1, 0.15) is 24.6 Å². The highest BCUT2D eigenvalue weighted by Gasteiger charge is 2.01. The Labute approximate surface area is 93.3 Å². The monoisotopic (exact) mass is 225 g/mol. The lowest BCUT2D eigenvalue weighted by Gasteiger charge is -1.93. The summed E-state index contributed by atoms with van der Waals surface area (Å²) in [7, 11) is 0. The van der Waals surface area contributed by atoms with E-state index in [2.05, 4.69) is 10.2 Å². The van der Waals surface area contributed by atoms with E-state index >= 15 is 0 Å². The van der Waals surface area contributed by atoms with Crippen LogP contribution in [-0.2, 0) is 4.79 Å². The number of nitrogens with zero attached hydrogens (tertiary/aromatic N) is 1. The Bertz CT molecular complexity index is 351. The average Bonchev–Trinajstić information content (AvgIpc) is 2.47. The van der Waals surface area contributed by atoms with Crippen LogP contribution >= 0.6 is 11.8 Å². The number of rotatable bonds is 4. The molecule has 0 unspecified atom stereocenters. The van der Waals surface area contributed by atoms with Crippen molar-refractivity contribution in [3.05, 3.63) is 17.3 Å². The van der Waals surface area contributed by atoms with Crippen LogP contribution in [0.25, 0.3) is 6.08 Å². The summed E-state index contributed by atoms with van der Waals surface area (Å²) in [6, 6.07) is 0. The van der Waals surface area contributed by atoms with Gasteiger partial charge in [-0.15, -0.1) is 0 Å². The third kappa shape index (κ3) is 3.79. The normalized spacial score (nSPS) is 11.1. The Kier molecular flexibility index (Phi) is 4.42. The van der Waals surface area contributed by atoms with Gasteiger partial charge >= 0.3 is 0 Å². The van der Waals surface area contributed by atoms with Crippen molar-refractivity contribution in [2.75, 3.05) is 11.5 Å². The number of aromatic amines is 1. The zero-order chi connectivity index (χ0) is 11.3. The lowest BCUT2D eigenvalue weighted by Crippen LogP contribution is -1.87. The Balaban J connectivity index is 2.41. The molecule has 0 aliphatic rings. The van der Waals surface area contributed by atoms with Crippen molar-refractivity contribution >= 4 is 28.8 Å². The second-order valence-electron chi connectivity index (χ2n) is 3.18. The van der Waals surface area contributed by atoms with Gasteiger partial charge in [0, 0.05) is 23.9 Å². The molecular formula is C10H15N3OS. The van der Waals surface area contributed by atoms with Gasteiger partial charge in [0.25, 0.3) is 0 Å². The fraction of sp³-hybridized carbons (Fsp3) is 0.400. The van der Waals surface area contributed by atoms with Crippen molar-refractivity contribution in [3.8, 4) is 0 Å². The molecule has 0 amide bonds. The van der Waals surface area contributed by atoms with E-state index in [1.165, 1.54) is 11.8 Å². The predicted molar refractivity (Wildman–Crippen MR) is 64.5 cm³/mol. The summed E-state index contributed by atoms with van der Waals surface area (Å²) >= 11 is 1.33. The molecule has 1 rings (SSSR count). The Morgan fingerprint density at radius 1 is 1.67 bits per heavy atom. The Morgan fingerprint density at radius 2 is 2.40 bits per heavy atom. The topological polar surface area (TPSA) is 71.8 Å². The van der Waals surface area contributed by atoms with E-state index < -0.39 is 0 Å². The van der Waals surface area contributed by atoms with E-state index in [0.29, 0.717) is 5.82 Å². The SMILES string of the molecule is CC(=O)SCCC=Cc1c(N)n[nH]c1C. The van der Waals surface area contributed by atoms with Gasteiger partial charge in [0.1, 0.15) is 0 Å². The lowest BCUT2D eigenvalue weighted by atomic mass is 10.2. The van der Waals surface area contributed by atoms with E-state index in [0.717, 1.165) is 23.4 Å². The maximum atomic E-state index is 10.6. The van der Waals surface area contributed by atoms with Crippen molar-refractivity contribution in [1.82, 2.24) is 10.2 Å². The largest absolute Gasteiger partial charge is 0.382 e. The van der Waals surface area contributed by atoms with Crippen LogP contribution in [0.5, 0.6) is 0 Å². The molecule has 0 bridgehead atoms. The summed E-state index contributed by atoms with van der Waals surface area (Å²) in [4.78, 5) is 10.6. The number of H-pyrrole nitrogens is 1. The fourth-order valence-corrected chi connectivity index (χ4v) is 1.68. The molecule has 82 valence electrons. The summed E-state index contributed by atoms with van der Waals surface area (Å²) in [5.74, 6) is 1.32. The molecule has 1 aromatic rings. The Hall–Kier alpha value is -1.23. The van der Waals surface area contributed by atoms with Gasteiger partial charge in [-0.05, 0) is 13.3 Å². The highest BCUT2D eigenvalue weighted by Crippen LogP contribution is 2.14. The minimum atomic E-state index is 0.155. The number of carbonyl (C=O) groups excluding carboxylic acids is 1. The van der Waals surface area contributed by atoms with Crippen LogP contribution in [0.4, 0.5) is 5.82 Å². The number of allylic oxidation sites excluding steroid dienone is 1. The Morgan fingerprint density at radius 3 is 2.93 bits per heavy atom. The van der Waals surface area contributed by atoms with Crippen LogP contribution in [0.15, 0.2) is 6.08 Å². The van der Waals surface area contributed by atoms with Gasteiger partial charge in [0.15, 0.2) is 10.9 Å². The number of nitrogen functional groups attached to an aromatic ring is 1. The van der Waals surface area contributed by atoms with Crippen molar-refractivity contribution in [2.24, 2.45) is 0 Å². The quantitative estimate of drug-likeness (QED) is 0.769. The first-order valence-corrected chi connectivity index (χ1v) is 5.70. The number of aryl methyl sites for hydroxylation is 1. The standard InChI is InChI=1S/C10H15N3OS/c1-7-9(10(11)13-12-7)5-3-4-6-15-8(2)14/h3,5H,4,6H2,1-2H3,(H3,11,12,13).